The van der Waals surface area contributed by atoms with Crippen LogP contribution < -0.4 is 0 Å². The minimum atomic E-state index is -5.15. The molecule has 0 amide bonds. The Labute approximate surface area is 91.3 Å². The van der Waals surface area contributed by atoms with Crippen LogP contribution in [-0.4, -0.2) is 16.9 Å². The number of hydrogen-bond donors (Lipinski definition) is 0. The van der Waals surface area contributed by atoms with Gasteiger partial charge in [-0.25, -0.2) is 0 Å². The number of alkyl halides is 6. The first-order valence-electron chi connectivity index (χ1n) is 4.23. The minimum Gasteiger partial charge on any atom is -0.289 e. The van der Waals surface area contributed by atoms with Crippen molar-refractivity contribution in [3.8, 4) is 0 Å². The highest BCUT2D eigenvalue weighted by Gasteiger charge is 2.41. The van der Waals surface area contributed by atoms with Gasteiger partial charge in [0.1, 0.15) is 5.69 Å². The van der Waals surface area contributed by atoms with E-state index in [1.807, 2.05) is 0 Å². The largest absolute Gasteiger partial charge is 0.450 e. The van der Waals surface area contributed by atoms with Crippen molar-refractivity contribution in [2.45, 2.75) is 18.8 Å². The molecule has 1 aromatic rings. The van der Waals surface area contributed by atoms with Crippen LogP contribution in [0.3, 0.4) is 0 Å². The molecule has 1 aromatic heterocycles. The lowest BCUT2D eigenvalue weighted by molar-refractivity contribution is -0.170. The van der Waals surface area contributed by atoms with Gasteiger partial charge in [-0.3, -0.25) is 9.78 Å². The lowest BCUT2D eigenvalue weighted by Gasteiger charge is -2.11. The summed E-state index contributed by atoms with van der Waals surface area (Å²) in [6.45, 7) is 0. The molecule has 0 aliphatic carbocycles. The van der Waals surface area contributed by atoms with Gasteiger partial charge < -0.3 is 0 Å². The maximum atomic E-state index is 12.3. The Balaban J connectivity index is 3.04. The Kier molecular flexibility index (Phi) is 3.44. The number of Topliss-reactive ketones (excluding diaryl/α,β-unsaturated/α-hetero) is 1. The highest BCUT2D eigenvalue weighted by molar-refractivity contribution is 5.86. The first kappa shape index (κ1) is 13.5. The van der Waals surface area contributed by atoms with Crippen LogP contribution in [0.4, 0.5) is 26.3 Å². The summed E-state index contributed by atoms with van der Waals surface area (Å²) >= 11 is 0. The molecule has 2 nitrogen and oxygen atoms in total. The maximum absolute atomic E-state index is 12.3. The fourth-order valence-corrected chi connectivity index (χ4v) is 1.11. The van der Waals surface area contributed by atoms with Crippen molar-refractivity contribution in [3.05, 3.63) is 29.6 Å². The average Bonchev–Trinajstić information content (AvgIpc) is 2.15. The van der Waals surface area contributed by atoms with Crippen molar-refractivity contribution in [1.82, 2.24) is 4.98 Å². The fraction of sp³-hybridized carbons (Fsp3) is 0.333. The third-order valence-corrected chi connectivity index (χ3v) is 1.83. The van der Waals surface area contributed by atoms with Gasteiger partial charge in [-0.15, -0.1) is 0 Å². The number of rotatable bonds is 2. The molecule has 0 aromatic carbocycles. The Morgan fingerprint density at radius 3 is 2.24 bits per heavy atom. The predicted octanol–water partition coefficient (Wildman–Crippen LogP) is 2.77. The molecule has 0 saturated carbocycles. The second-order valence-corrected chi connectivity index (χ2v) is 3.11. The average molecular weight is 257 g/mol. The maximum Gasteiger partial charge on any atom is 0.450 e. The second-order valence-electron chi connectivity index (χ2n) is 3.11. The standard InChI is InChI=1S/C9H5F6NO/c10-8(11,12)6(17)4-5-2-1-3-16-7(5)9(13,14)15/h1-3H,4H2. The van der Waals surface area contributed by atoms with Crippen LogP contribution >= 0.6 is 0 Å². The van der Waals surface area contributed by atoms with E-state index in [0.717, 1.165) is 18.3 Å². The molecule has 8 heteroatoms. The monoisotopic (exact) mass is 257 g/mol. The van der Waals surface area contributed by atoms with E-state index in [9.17, 15) is 31.1 Å². The Hall–Kier alpha value is -1.60. The molecule has 0 aliphatic rings. The van der Waals surface area contributed by atoms with Crippen LogP contribution in [0.5, 0.6) is 0 Å². The van der Waals surface area contributed by atoms with Crippen LogP contribution in [0.25, 0.3) is 0 Å². The number of hydrogen-bond acceptors (Lipinski definition) is 2. The van der Waals surface area contributed by atoms with Crippen LogP contribution in [0.15, 0.2) is 18.3 Å². The zero-order valence-electron chi connectivity index (χ0n) is 8.06. The van der Waals surface area contributed by atoms with Gasteiger partial charge in [0.05, 0.1) is 0 Å². The van der Waals surface area contributed by atoms with Gasteiger partial charge in [0.15, 0.2) is 0 Å². The zero-order chi connectivity index (χ0) is 13.3. The molecule has 1 heterocycles. The number of pyridine rings is 1. The van der Waals surface area contributed by atoms with Gasteiger partial charge >= 0.3 is 12.4 Å². The first-order chi connectivity index (χ1) is 7.62. The number of nitrogens with zero attached hydrogens (tertiary/aromatic N) is 1. The summed E-state index contributed by atoms with van der Waals surface area (Å²) in [5.41, 5.74) is -2.26. The molecule has 0 N–H and O–H groups in total. The first-order valence-corrected chi connectivity index (χ1v) is 4.23. The summed E-state index contributed by atoms with van der Waals surface area (Å²) in [4.78, 5) is 13.5. The van der Waals surface area contributed by atoms with Crippen molar-refractivity contribution in [3.63, 3.8) is 0 Å². The Morgan fingerprint density at radius 2 is 1.76 bits per heavy atom. The van der Waals surface area contributed by atoms with Crippen molar-refractivity contribution >= 4 is 5.78 Å². The summed E-state index contributed by atoms with van der Waals surface area (Å²) < 4.78 is 72.8. The molecular weight excluding hydrogens is 252 g/mol. The molecule has 94 valence electrons. The zero-order valence-corrected chi connectivity index (χ0v) is 8.06. The van der Waals surface area contributed by atoms with Crippen LogP contribution in [0.1, 0.15) is 11.3 Å². The Bertz CT molecular complexity index is 422. The lowest BCUT2D eigenvalue weighted by Crippen LogP contribution is -2.26. The Morgan fingerprint density at radius 1 is 1.18 bits per heavy atom. The van der Waals surface area contributed by atoms with Gasteiger partial charge in [0.25, 0.3) is 0 Å². The second kappa shape index (κ2) is 4.34. The van der Waals surface area contributed by atoms with Gasteiger partial charge in [-0.2, -0.15) is 26.3 Å². The summed E-state index contributed by atoms with van der Waals surface area (Å²) in [6.07, 6.45) is -10.6. The molecule has 0 unspecified atom stereocenters. The molecule has 0 fully saturated rings. The summed E-state index contributed by atoms with van der Waals surface area (Å²) in [7, 11) is 0. The van der Waals surface area contributed by atoms with E-state index < -0.39 is 35.8 Å². The summed E-state index contributed by atoms with van der Waals surface area (Å²) in [5, 5.41) is 0. The van der Waals surface area contributed by atoms with Crippen molar-refractivity contribution in [2.24, 2.45) is 0 Å². The third-order valence-electron chi connectivity index (χ3n) is 1.83. The van der Waals surface area contributed by atoms with Crippen molar-refractivity contribution < 1.29 is 31.1 Å². The van der Waals surface area contributed by atoms with Gasteiger partial charge in [0.2, 0.25) is 5.78 Å². The smallest absolute Gasteiger partial charge is 0.289 e. The van der Waals surface area contributed by atoms with Crippen molar-refractivity contribution in [1.29, 1.82) is 0 Å². The van der Waals surface area contributed by atoms with E-state index in [0.29, 0.717) is 0 Å². The van der Waals surface area contributed by atoms with E-state index in [2.05, 4.69) is 4.98 Å². The number of ketones is 1. The van der Waals surface area contributed by atoms with E-state index in [1.54, 1.807) is 0 Å². The molecule has 0 radical (unpaired) electrons. The number of halogens is 6. The number of aromatic nitrogens is 1. The minimum absolute atomic E-state index is 0.790. The topological polar surface area (TPSA) is 30.0 Å². The molecule has 0 bridgehead atoms. The number of carbonyl (C=O) groups is 1. The molecule has 0 saturated heterocycles. The van der Waals surface area contributed by atoms with Gasteiger partial charge in [0, 0.05) is 12.6 Å². The number of carbonyl (C=O) groups excluding carboxylic acids is 1. The molecule has 0 atom stereocenters. The van der Waals surface area contributed by atoms with E-state index in [-0.39, 0.29) is 0 Å². The van der Waals surface area contributed by atoms with E-state index in [1.165, 1.54) is 0 Å². The molecular formula is C9H5F6NO. The van der Waals surface area contributed by atoms with Crippen LogP contribution in [0, 0.1) is 0 Å². The summed E-state index contributed by atoms with van der Waals surface area (Å²) in [6, 6.07) is 1.83. The van der Waals surface area contributed by atoms with Crippen molar-refractivity contribution in [2.75, 3.05) is 0 Å². The fourth-order valence-electron chi connectivity index (χ4n) is 1.11. The van der Waals surface area contributed by atoms with Gasteiger partial charge in [-0.05, 0) is 11.6 Å². The highest BCUT2D eigenvalue weighted by Crippen LogP contribution is 2.31. The van der Waals surface area contributed by atoms with Crippen LogP contribution in [-0.2, 0) is 17.4 Å². The normalized spacial score (nSPS) is 12.6. The van der Waals surface area contributed by atoms with E-state index >= 15 is 0 Å². The lowest BCUT2D eigenvalue weighted by atomic mass is 10.1. The molecule has 0 aliphatic heterocycles. The third kappa shape index (κ3) is 3.43. The van der Waals surface area contributed by atoms with Gasteiger partial charge in [-0.1, -0.05) is 6.07 Å². The molecule has 0 spiro atoms. The molecule has 1 rings (SSSR count). The summed E-state index contributed by atoms with van der Waals surface area (Å²) in [5.74, 6) is -2.24. The SMILES string of the molecule is O=C(Cc1cccnc1C(F)(F)F)C(F)(F)F. The highest BCUT2D eigenvalue weighted by atomic mass is 19.4. The van der Waals surface area contributed by atoms with Crippen LogP contribution in [0.2, 0.25) is 0 Å². The quantitative estimate of drug-likeness (QED) is 0.762. The molecule has 17 heavy (non-hydrogen) atoms. The van der Waals surface area contributed by atoms with E-state index in [4.69, 9.17) is 0 Å². The predicted molar refractivity (Wildman–Crippen MR) is 44.0 cm³/mol.